The molecule has 0 saturated carbocycles. The van der Waals surface area contributed by atoms with Crippen LogP contribution >= 0.6 is 11.6 Å². The normalized spacial score (nSPS) is 11.1. The van der Waals surface area contributed by atoms with Crippen molar-refractivity contribution in [2.24, 2.45) is 13.0 Å². The van der Waals surface area contributed by atoms with E-state index in [2.05, 4.69) is 20.6 Å². The van der Waals surface area contributed by atoms with E-state index in [1.54, 1.807) is 12.5 Å². The molecule has 1 N–H and O–H groups in total. The van der Waals surface area contributed by atoms with Crippen molar-refractivity contribution in [3.63, 3.8) is 0 Å². The van der Waals surface area contributed by atoms with Crippen LogP contribution in [0.25, 0.3) is 0 Å². The molecular weight excluding hydrogens is 292 g/mol. The number of aryl methyl sites for hydroxylation is 1. The lowest BCUT2D eigenvalue weighted by molar-refractivity contribution is 0.464. The average Bonchev–Trinajstić information content (AvgIpc) is 2.83. The van der Waals surface area contributed by atoms with E-state index in [4.69, 9.17) is 11.6 Å². The monoisotopic (exact) mass is 310 g/mol. The Morgan fingerprint density at radius 2 is 2.19 bits per heavy atom. The topological polar surface area (TPSA) is 77.6 Å². The van der Waals surface area contributed by atoms with Crippen molar-refractivity contribution < 1.29 is 0 Å². The number of halogens is 1. The van der Waals surface area contributed by atoms with Gasteiger partial charge in [-0.15, -0.1) is 10.2 Å². The molecule has 2 aromatic heterocycles. The minimum atomic E-state index is -0.269. The van der Waals surface area contributed by atoms with Crippen molar-refractivity contribution >= 4 is 17.3 Å². The first-order valence-electron chi connectivity index (χ1n) is 6.81. The van der Waals surface area contributed by atoms with E-state index in [1.807, 2.05) is 25.5 Å². The van der Waals surface area contributed by atoms with E-state index in [-0.39, 0.29) is 10.6 Å². The highest BCUT2D eigenvalue weighted by molar-refractivity contribution is 6.32. The summed E-state index contributed by atoms with van der Waals surface area (Å²) < 4.78 is 3.24. The molecule has 114 valence electrons. The minimum Gasteiger partial charge on any atom is -0.382 e. The lowest BCUT2D eigenvalue weighted by Gasteiger charge is -2.11. The van der Waals surface area contributed by atoms with Crippen LogP contribution in [0.5, 0.6) is 0 Å². The van der Waals surface area contributed by atoms with Gasteiger partial charge in [0.1, 0.15) is 17.2 Å². The van der Waals surface area contributed by atoms with Crippen molar-refractivity contribution in [1.82, 2.24) is 24.5 Å². The van der Waals surface area contributed by atoms with Gasteiger partial charge >= 0.3 is 0 Å². The zero-order chi connectivity index (χ0) is 15.4. The summed E-state index contributed by atoms with van der Waals surface area (Å²) in [6, 6.07) is 0. The summed E-state index contributed by atoms with van der Waals surface area (Å²) in [6.45, 7) is 5.20. The van der Waals surface area contributed by atoms with Crippen molar-refractivity contribution in [1.29, 1.82) is 0 Å². The maximum atomic E-state index is 12.1. The molecule has 0 aliphatic carbocycles. The predicted molar refractivity (Wildman–Crippen MR) is 81.5 cm³/mol. The molecular formula is C13H19ClN6O. The highest BCUT2D eigenvalue weighted by atomic mass is 35.5. The number of anilines is 1. The van der Waals surface area contributed by atoms with Gasteiger partial charge in [0.2, 0.25) is 0 Å². The summed E-state index contributed by atoms with van der Waals surface area (Å²) >= 11 is 6.10. The van der Waals surface area contributed by atoms with Crippen LogP contribution in [0.2, 0.25) is 5.02 Å². The second-order valence-electron chi connectivity index (χ2n) is 5.29. The summed E-state index contributed by atoms with van der Waals surface area (Å²) in [4.78, 5) is 12.1. The summed E-state index contributed by atoms with van der Waals surface area (Å²) in [5.41, 5.74) is 0.276. The highest BCUT2D eigenvalue weighted by Gasteiger charge is 2.10. The van der Waals surface area contributed by atoms with E-state index < -0.39 is 0 Å². The fourth-order valence-electron chi connectivity index (χ4n) is 1.91. The minimum absolute atomic E-state index is 0.170. The van der Waals surface area contributed by atoms with Crippen LogP contribution < -0.4 is 10.9 Å². The van der Waals surface area contributed by atoms with Gasteiger partial charge in [0.25, 0.3) is 5.56 Å². The van der Waals surface area contributed by atoms with Gasteiger partial charge in [0, 0.05) is 26.6 Å². The molecule has 0 fully saturated rings. The average molecular weight is 311 g/mol. The molecule has 0 unspecified atom stereocenters. The Morgan fingerprint density at radius 3 is 2.81 bits per heavy atom. The van der Waals surface area contributed by atoms with Gasteiger partial charge in [-0.05, 0) is 5.92 Å². The van der Waals surface area contributed by atoms with Crippen molar-refractivity contribution in [3.05, 3.63) is 33.7 Å². The van der Waals surface area contributed by atoms with E-state index in [0.717, 1.165) is 5.82 Å². The molecule has 21 heavy (non-hydrogen) atoms. The summed E-state index contributed by atoms with van der Waals surface area (Å²) in [5, 5.41) is 15.2. The van der Waals surface area contributed by atoms with Gasteiger partial charge in [0.15, 0.2) is 0 Å². The van der Waals surface area contributed by atoms with Crippen LogP contribution in [0.15, 0.2) is 17.3 Å². The number of hydrogen-bond donors (Lipinski definition) is 1. The maximum absolute atomic E-state index is 12.1. The van der Waals surface area contributed by atoms with Gasteiger partial charge in [0.05, 0.1) is 11.9 Å². The largest absolute Gasteiger partial charge is 0.382 e. The Morgan fingerprint density at radius 1 is 1.43 bits per heavy atom. The molecule has 0 saturated heterocycles. The van der Waals surface area contributed by atoms with Gasteiger partial charge < -0.3 is 9.88 Å². The zero-order valence-corrected chi connectivity index (χ0v) is 13.1. The first-order chi connectivity index (χ1) is 9.99. The Balaban J connectivity index is 2.02. The number of rotatable bonds is 6. The summed E-state index contributed by atoms with van der Waals surface area (Å²) in [7, 11) is 1.89. The van der Waals surface area contributed by atoms with Gasteiger partial charge in [-0.1, -0.05) is 25.4 Å². The number of nitrogens with zero attached hydrogens (tertiary/aromatic N) is 5. The second-order valence-corrected chi connectivity index (χ2v) is 5.67. The standard InChI is InChI=1S/C13H19ClN6O/c1-9(2)7-20-13(21)12(14)10(6-17-20)15-5-4-11-18-16-8-19(11)3/h6,8-9,15H,4-5,7H2,1-3H3. The van der Waals surface area contributed by atoms with E-state index in [0.29, 0.717) is 31.1 Å². The quantitative estimate of drug-likeness (QED) is 0.871. The molecule has 0 atom stereocenters. The molecule has 2 aromatic rings. The van der Waals surface area contributed by atoms with Crippen molar-refractivity contribution in [3.8, 4) is 0 Å². The molecule has 2 heterocycles. The van der Waals surface area contributed by atoms with Crippen molar-refractivity contribution in [2.45, 2.75) is 26.8 Å². The van der Waals surface area contributed by atoms with Crippen molar-refractivity contribution in [2.75, 3.05) is 11.9 Å². The van der Waals surface area contributed by atoms with Gasteiger partial charge in [-0.2, -0.15) is 5.10 Å². The Hall–Kier alpha value is -1.89. The fraction of sp³-hybridized carbons (Fsp3) is 0.538. The molecule has 8 heteroatoms. The Kier molecular flexibility index (Phi) is 4.95. The second kappa shape index (κ2) is 6.71. The van der Waals surface area contributed by atoms with E-state index in [9.17, 15) is 4.79 Å². The molecule has 0 bridgehead atoms. The van der Waals surface area contributed by atoms with E-state index in [1.165, 1.54) is 4.68 Å². The molecule has 0 aliphatic heterocycles. The maximum Gasteiger partial charge on any atom is 0.287 e. The third-order valence-corrected chi connectivity index (χ3v) is 3.36. The third kappa shape index (κ3) is 3.81. The predicted octanol–water partition coefficient (Wildman–Crippen LogP) is 1.34. The van der Waals surface area contributed by atoms with Crippen LogP contribution in [-0.4, -0.2) is 31.1 Å². The smallest absolute Gasteiger partial charge is 0.287 e. The Bertz CT molecular complexity index is 663. The molecule has 2 rings (SSSR count). The van der Waals surface area contributed by atoms with Crippen LogP contribution in [0.1, 0.15) is 19.7 Å². The SMILES string of the molecule is CC(C)Cn1ncc(NCCc2nncn2C)c(Cl)c1=O. The first kappa shape index (κ1) is 15.5. The lowest BCUT2D eigenvalue weighted by atomic mass is 10.2. The number of hydrogen-bond acceptors (Lipinski definition) is 5. The molecule has 0 aliphatic rings. The van der Waals surface area contributed by atoms with E-state index >= 15 is 0 Å². The van der Waals surface area contributed by atoms with Gasteiger partial charge in [-0.3, -0.25) is 4.79 Å². The molecule has 0 spiro atoms. The molecule has 0 aromatic carbocycles. The third-order valence-electron chi connectivity index (χ3n) is 2.99. The summed E-state index contributed by atoms with van der Waals surface area (Å²) in [6.07, 6.45) is 3.92. The fourth-order valence-corrected chi connectivity index (χ4v) is 2.12. The number of aromatic nitrogens is 5. The highest BCUT2D eigenvalue weighted by Crippen LogP contribution is 2.15. The van der Waals surface area contributed by atoms with Crippen LogP contribution in [0, 0.1) is 5.92 Å². The molecule has 7 nitrogen and oxygen atoms in total. The Labute approximate surface area is 128 Å². The summed E-state index contributed by atoms with van der Waals surface area (Å²) in [5.74, 6) is 1.20. The first-order valence-corrected chi connectivity index (χ1v) is 7.19. The van der Waals surface area contributed by atoms with Crippen LogP contribution in [-0.2, 0) is 20.0 Å². The molecule has 0 radical (unpaired) electrons. The van der Waals surface area contributed by atoms with Crippen LogP contribution in [0.3, 0.4) is 0 Å². The number of nitrogens with one attached hydrogen (secondary N) is 1. The van der Waals surface area contributed by atoms with Crippen LogP contribution in [0.4, 0.5) is 5.69 Å². The lowest BCUT2D eigenvalue weighted by Crippen LogP contribution is -2.26. The van der Waals surface area contributed by atoms with Gasteiger partial charge in [-0.25, -0.2) is 4.68 Å². The molecule has 0 amide bonds. The zero-order valence-electron chi connectivity index (χ0n) is 12.4.